The Balaban J connectivity index is 2.53. The molecule has 0 amide bonds. The molecule has 2 aromatic carbocycles. The molecule has 0 aromatic heterocycles. The zero-order valence-corrected chi connectivity index (χ0v) is 10.2. The monoisotopic (exact) mass is 210 g/mol. The van der Waals surface area contributed by atoms with E-state index in [-0.39, 0.29) is 0 Å². The van der Waals surface area contributed by atoms with Gasteiger partial charge in [0.2, 0.25) is 0 Å². The van der Waals surface area contributed by atoms with Crippen molar-refractivity contribution in [3.05, 3.63) is 59.2 Å². The lowest BCUT2D eigenvalue weighted by atomic mass is 9.96. The minimum Gasteiger partial charge on any atom is -0.0613 e. The van der Waals surface area contributed by atoms with E-state index in [1.54, 1.807) is 0 Å². The zero-order valence-electron chi connectivity index (χ0n) is 10.2. The fraction of sp³-hybridized carbons (Fsp3) is 0.250. The number of benzene rings is 2. The Labute approximate surface area is 97.9 Å². The van der Waals surface area contributed by atoms with E-state index in [1.807, 2.05) is 0 Å². The summed E-state index contributed by atoms with van der Waals surface area (Å²) in [7, 11) is 0. The first-order valence-electron chi connectivity index (χ1n) is 5.87. The van der Waals surface area contributed by atoms with Gasteiger partial charge in [-0.05, 0) is 37.0 Å². The molecular formula is C16H18. The Kier molecular flexibility index (Phi) is 3.09. The highest BCUT2D eigenvalue weighted by atomic mass is 14.1. The molecule has 0 atom stereocenters. The number of aryl methyl sites for hydroxylation is 3. The lowest BCUT2D eigenvalue weighted by molar-refractivity contribution is 1.14. The van der Waals surface area contributed by atoms with E-state index in [1.165, 1.54) is 27.8 Å². The molecule has 0 heteroatoms. The third-order valence-corrected chi connectivity index (χ3v) is 3.01. The second-order valence-electron chi connectivity index (χ2n) is 4.38. The van der Waals surface area contributed by atoms with Crippen molar-refractivity contribution < 1.29 is 0 Å². The van der Waals surface area contributed by atoms with Gasteiger partial charge < -0.3 is 0 Å². The van der Waals surface area contributed by atoms with Crippen molar-refractivity contribution in [2.45, 2.75) is 27.2 Å². The predicted molar refractivity (Wildman–Crippen MR) is 70.7 cm³/mol. The Morgan fingerprint density at radius 2 is 1.44 bits per heavy atom. The van der Waals surface area contributed by atoms with E-state index < -0.39 is 0 Å². The molecule has 0 heterocycles. The fourth-order valence-corrected chi connectivity index (χ4v) is 2.00. The summed E-state index contributed by atoms with van der Waals surface area (Å²) in [5.74, 6) is 0. The van der Waals surface area contributed by atoms with E-state index in [4.69, 9.17) is 0 Å². The van der Waals surface area contributed by atoms with Crippen molar-refractivity contribution in [3.63, 3.8) is 0 Å². The van der Waals surface area contributed by atoms with E-state index in [0.717, 1.165) is 6.42 Å². The van der Waals surface area contributed by atoms with E-state index in [2.05, 4.69) is 63.2 Å². The molecule has 0 N–H and O–H groups in total. The third-order valence-electron chi connectivity index (χ3n) is 3.01. The van der Waals surface area contributed by atoms with Crippen LogP contribution in [0.5, 0.6) is 0 Å². The molecular weight excluding hydrogens is 192 g/mol. The van der Waals surface area contributed by atoms with Gasteiger partial charge in [0.15, 0.2) is 0 Å². The molecule has 0 saturated heterocycles. The van der Waals surface area contributed by atoms with Crippen LogP contribution in [0.25, 0.3) is 11.1 Å². The Morgan fingerprint density at radius 1 is 0.812 bits per heavy atom. The van der Waals surface area contributed by atoms with Crippen molar-refractivity contribution in [1.29, 1.82) is 0 Å². The first-order valence-corrected chi connectivity index (χ1v) is 5.87. The van der Waals surface area contributed by atoms with Crippen molar-refractivity contribution in [1.82, 2.24) is 0 Å². The van der Waals surface area contributed by atoms with Gasteiger partial charge in [0.1, 0.15) is 0 Å². The summed E-state index contributed by atoms with van der Waals surface area (Å²) < 4.78 is 0. The van der Waals surface area contributed by atoms with Gasteiger partial charge in [0, 0.05) is 0 Å². The quantitative estimate of drug-likeness (QED) is 0.683. The summed E-state index contributed by atoms with van der Waals surface area (Å²) in [5.41, 5.74) is 6.77. The van der Waals surface area contributed by atoms with Crippen LogP contribution in [0.4, 0.5) is 0 Å². The highest BCUT2D eigenvalue weighted by molar-refractivity contribution is 5.68. The number of hydrogen-bond acceptors (Lipinski definition) is 0. The Morgan fingerprint density at radius 3 is 2.06 bits per heavy atom. The van der Waals surface area contributed by atoms with Crippen LogP contribution < -0.4 is 0 Å². The van der Waals surface area contributed by atoms with Crippen molar-refractivity contribution in [3.8, 4) is 11.1 Å². The molecule has 82 valence electrons. The third kappa shape index (κ3) is 2.16. The fourth-order valence-electron chi connectivity index (χ4n) is 2.00. The van der Waals surface area contributed by atoms with E-state index in [0.29, 0.717) is 0 Å². The van der Waals surface area contributed by atoms with Gasteiger partial charge in [0.05, 0.1) is 0 Å². The van der Waals surface area contributed by atoms with Gasteiger partial charge in [-0.2, -0.15) is 0 Å². The average Bonchev–Trinajstić information content (AvgIpc) is 2.30. The summed E-state index contributed by atoms with van der Waals surface area (Å²) in [6.07, 6.45) is 1.09. The van der Waals surface area contributed by atoms with Gasteiger partial charge in [-0.15, -0.1) is 0 Å². The number of hydrogen-bond donors (Lipinski definition) is 0. The molecule has 0 saturated carbocycles. The zero-order chi connectivity index (χ0) is 11.5. The van der Waals surface area contributed by atoms with Gasteiger partial charge in [-0.25, -0.2) is 0 Å². The summed E-state index contributed by atoms with van der Waals surface area (Å²) in [6, 6.07) is 15.5. The highest BCUT2D eigenvalue weighted by Gasteiger charge is 2.03. The van der Waals surface area contributed by atoms with Crippen molar-refractivity contribution in [2.75, 3.05) is 0 Å². The molecule has 0 radical (unpaired) electrons. The SMILES string of the molecule is CCc1ccc(C)cc1-c1ccc(C)cc1. The van der Waals surface area contributed by atoms with Crippen LogP contribution in [-0.4, -0.2) is 0 Å². The van der Waals surface area contributed by atoms with Gasteiger partial charge in [-0.3, -0.25) is 0 Å². The largest absolute Gasteiger partial charge is 0.0613 e. The molecule has 0 nitrogen and oxygen atoms in total. The molecule has 16 heavy (non-hydrogen) atoms. The molecule has 0 bridgehead atoms. The minimum atomic E-state index is 1.09. The molecule has 0 aliphatic carbocycles. The van der Waals surface area contributed by atoms with Gasteiger partial charge in [-0.1, -0.05) is 60.5 Å². The first-order chi connectivity index (χ1) is 7.70. The molecule has 0 spiro atoms. The van der Waals surface area contributed by atoms with Crippen LogP contribution in [0.15, 0.2) is 42.5 Å². The lowest BCUT2D eigenvalue weighted by Gasteiger charge is -2.09. The van der Waals surface area contributed by atoms with Crippen LogP contribution in [0.2, 0.25) is 0 Å². The number of rotatable bonds is 2. The highest BCUT2D eigenvalue weighted by Crippen LogP contribution is 2.25. The standard InChI is InChI=1S/C16H18/c1-4-14-8-7-13(3)11-16(14)15-9-5-12(2)6-10-15/h5-11H,4H2,1-3H3. The van der Waals surface area contributed by atoms with Gasteiger partial charge in [0.25, 0.3) is 0 Å². The second-order valence-corrected chi connectivity index (χ2v) is 4.38. The summed E-state index contributed by atoms with van der Waals surface area (Å²) >= 11 is 0. The maximum atomic E-state index is 2.28. The normalized spacial score (nSPS) is 10.4. The maximum Gasteiger partial charge on any atom is -0.0149 e. The van der Waals surface area contributed by atoms with Crippen molar-refractivity contribution >= 4 is 0 Å². The second kappa shape index (κ2) is 4.52. The van der Waals surface area contributed by atoms with Crippen LogP contribution in [0, 0.1) is 13.8 Å². The summed E-state index contributed by atoms with van der Waals surface area (Å²) in [6.45, 7) is 6.49. The van der Waals surface area contributed by atoms with Crippen LogP contribution in [0.3, 0.4) is 0 Å². The van der Waals surface area contributed by atoms with Crippen LogP contribution in [-0.2, 0) is 6.42 Å². The Hall–Kier alpha value is -1.56. The molecule has 2 rings (SSSR count). The lowest BCUT2D eigenvalue weighted by Crippen LogP contribution is -1.89. The average molecular weight is 210 g/mol. The molecule has 2 aromatic rings. The predicted octanol–water partition coefficient (Wildman–Crippen LogP) is 4.53. The first kappa shape index (κ1) is 10.9. The topological polar surface area (TPSA) is 0 Å². The van der Waals surface area contributed by atoms with Crippen LogP contribution in [0.1, 0.15) is 23.6 Å². The molecule has 0 fully saturated rings. The molecule has 0 unspecified atom stereocenters. The van der Waals surface area contributed by atoms with Gasteiger partial charge >= 0.3 is 0 Å². The minimum absolute atomic E-state index is 1.09. The van der Waals surface area contributed by atoms with Crippen molar-refractivity contribution in [2.24, 2.45) is 0 Å². The summed E-state index contributed by atoms with van der Waals surface area (Å²) in [5, 5.41) is 0. The van der Waals surface area contributed by atoms with Crippen LogP contribution >= 0.6 is 0 Å². The van der Waals surface area contributed by atoms with E-state index >= 15 is 0 Å². The Bertz CT molecular complexity index is 478. The molecule has 0 aliphatic rings. The maximum absolute atomic E-state index is 2.28. The molecule has 0 aliphatic heterocycles. The summed E-state index contributed by atoms with van der Waals surface area (Å²) in [4.78, 5) is 0. The smallest absolute Gasteiger partial charge is 0.0149 e. The van der Waals surface area contributed by atoms with E-state index in [9.17, 15) is 0 Å².